The fourth-order valence-corrected chi connectivity index (χ4v) is 1.99. The van der Waals surface area contributed by atoms with Crippen molar-refractivity contribution in [1.29, 1.82) is 0 Å². The zero-order valence-electron chi connectivity index (χ0n) is 13.6. The van der Waals surface area contributed by atoms with E-state index in [-0.39, 0.29) is 5.91 Å². The van der Waals surface area contributed by atoms with E-state index in [1.54, 1.807) is 38.6 Å². The maximum Gasteiger partial charge on any atom is 0.269 e. The molecule has 6 nitrogen and oxygen atoms in total. The van der Waals surface area contributed by atoms with E-state index in [0.717, 1.165) is 17.8 Å². The lowest BCUT2D eigenvalue weighted by Gasteiger charge is -2.12. The van der Waals surface area contributed by atoms with Gasteiger partial charge < -0.3 is 20.1 Å². The maximum absolute atomic E-state index is 11.8. The average molecular weight is 315 g/mol. The van der Waals surface area contributed by atoms with Crippen molar-refractivity contribution in [1.82, 2.24) is 10.3 Å². The molecule has 0 aliphatic carbocycles. The number of hydrogen-bond donors (Lipinski definition) is 2. The van der Waals surface area contributed by atoms with E-state index in [1.165, 1.54) is 0 Å². The molecule has 0 atom stereocenters. The number of ether oxygens (including phenoxy) is 2. The van der Waals surface area contributed by atoms with Crippen molar-refractivity contribution >= 4 is 17.3 Å². The molecule has 6 heteroatoms. The molecule has 122 valence electrons. The first-order valence-corrected chi connectivity index (χ1v) is 7.41. The van der Waals surface area contributed by atoms with Crippen LogP contribution in [0, 0.1) is 0 Å². The molecule has 0 saturated heterocycles. The molecule has 1 amide bonds. The Bertz CT molecular complexity index is 657. The van der Waals surface area contributed by atoms with E-state index in [2.05, 4.69) is 15.6 Å². The number of pyridine rings is 1. The van der Waals surface area contributed by atoms with Crippen molar-refractivity contribution in [3.63, 3.8) is 0 Å². The second-order valence-corrected chi connectivity index (χ2v) is 4.88. The second kappa shape index (κ2) is 8.03. The van der Waals surface area contributed by atoms with Crippen molar-refractivity contribution in [2.75, 3.05) is 26.1 Å². The van der Waals surface area contributed by atoms with Crippen LogP contribution in [0.2, 0.25) is 0 Å². The summed E-state index contributed by atoms with van der Waals surface area (Å²) in [6, 6.07) is 8.98. The van der Waals surface area contributed by atoms with Crippen LogP contribution < -0.4 is 20.1 Å². The normalized spacial score (nSPS) is 10.0. The lowest BCUT2D eigenvalue weighted by molar-refractivity contribution is 0.0949. The van der Waals surface area contributed by atoms with Gasteiger partial charge in [0.25, 0.3) is 5.91 Å². The van der Waals surface area contributed by atoms with Crippen LogP contribution in [0.3, 0.4) is 0 Å². The van der Waals surface area contributed by atoms with Gasteiger partial charge in [0.15, 0.2) is 0 Å². The number of hydrogen-bond acceptors (Lipinski definition) is 5. The third-order valence-electron chi connectivity index (χ3n) is 3.22. The van der Waals surface area contributed by atoms with Crippen LogP contribution in [-0.2, 0) is 0 Å². The Hall–Kier alpha value is -2.76. The summed E-state index contributed by atoms with van der Waals surface area (Å²) in [6.07, 6.45) is 2.51. The number of anilines is 2. The van der Waals surface area contributed by atoms with Gasteiger partial charge in [-0.3, -0.25) is 4.79 Å². The summed E-state index contributed by atoms with van der Waals surface area (Å²) < 4.78 is 10.5. The van der Waals surface area contributed by atoms with E-state index in [4.69, 9.17) is 9.47 Å². The number of nitrogens with zero attached hydrogens (tertiary/aromatic N) is 1. The Morgan fingerprint density at radius 3 is 2.61 bits per heavy atom. The number of rotatable bonds is 7. The average Bonchev–Trinajstić information content (AvgIpc) is 2.60. The Labute approximate surface area is 135 Å². The van der Waals surface area contributed by atoms with E-state index in [9.17, 15) is 4.79 Å². The molecule has 0 radical (unpaired) electrons. The second-order valence-electron chi connectivity index (χ2n) is 4.88. The minimum absolute atomic E-state index is 0.166. The molecule has 2 aromatic rings. The predicted molar refractivity (Wildman–Crippen MR) is 89.7 cm³/mol. The summed E-state index contributed by atoms with van der Waals surface area (Å²) in [6.45, 7) is 2.65. The molecule has 1 aromatic carbocycles. The van der Waals surface area contributed by atoms with Crippen molar-refractivity contribution < 1.29 is 14.3 Å². The smallest absolute Gasteiger partial charge is 0.269 e. The van der Waals surface area contributed by atoms with E-state index >= 15 is 0 Å². The van der Waals surface area contributed by atoms with Crippen LogP contribution in [0.4, 0.5) is 11.4 Å². The fourth-order valence-electron chi connectivity index (χ4n) is 1.99. The zero-order valence-corrected chi connectivity index (χ0v) is 13.6. The van der Waals surface area contributed by atoms with Crippen LogP contribution in [0.5, 0.6) is 11.5 Å². The number of amides is 1. The summed E-state index contributed by atoms with van der Waals surface area (Å²) in [5.41, 5.74) is 1.95. The molecule has 1 aromatic heterocycles. The van der Waals surface area contributed by atoms with Crippen molar-refractivity contribution in [3.05, 3.63) is 42.2 Å². The third kappa shape index (κ3) is 4.35. The van der Waals surface area contributed by atoms with E-state index < -0.39 is 0 Å². The van der Waals surface area contributed by atoms with Gasteiger partial charge in [-0.15, -0.1) is 0 Å². The number of aromatic nitrogens is 1. The van der Waals surface area contributed by atoms with Crippen LogP contribution in [0.25, 0.3) is 0 Å². The number of carbonyl (C=O) groups is 1. The van der Waals surface area contributed by atoms with Crippen LogP contribution in [-0.4, -0.2) is 31.7 Å². The van der Waals surface area contributed by atoms with Gasteiger partial charge in [-0.2, -0.15) is 0 Å². The van der Waals surface area contributed by atoms with Gasteiger partial charge in [0.1, 0.15) is 17.2 Å². The Morgan fingerprint density at radius 2 is 2.00 bits per heavy atom. The quantitative estimate of drug-likeness (QED) is 0.822. The molecule has 0 bridgehead atoms. The summed E-state index contributed by atoms with van der Waals surface area (Å²) >= 11 is 0. The van der Waals surface area contributed by atoms with Gasteiger partial charge in [0, 0.05) is 12.6 Å². The third-order valence-corrected chi connectivity index (χ3v) is 3.22. The Balaban J connectivity index is 2.10. The first-order chi connectivity index (χ1) is 11.2. The lowest BCUT2D eigenvalue weighted by atomic mass is 10.2. The summed E-state index contributed by atoms with van der Waals surface area (Å²) in [5, 5.41) is 6.00. The topological polar surface area (TPSA) is 72.5 Å². The highest BCUT2D eigenvalue weighted by atomic mass is 16.5. The molecule has 0 spiro atoms. The molecule has 0 aliphatic heterocycles. The van der Waals surface area contributed by atoms with Crippen molar-refractivity contribution in [2.45, 2.75) is 13.3 Å². The van der Waals surface area contributed by atoms with Gasteiger partial charge in [0.2, 0.25) is 0 Å². The summed E-state index contributed by atoms with van der Waals surface area (Å²) in [4.78, 5) is 16.0. The summed E-state index contributed by atoms with van der Waals surface area (Å²) in [5.74, 6) is 1.21. The Kier molecular flexibility index (Phi) is 5.80. The highest BCUT2D eigenvalue weighted by Crippen LogP contribution is 2.31. The Morgan fingerprint density at radius 1 is 1.17 bits per heavy atom. The monoisotopic (exact) mass is 315 g/mol. The van der Waals surface area contributed by atoms with E-state index in [1.807, 2.05) is 19.1 Å². The number of nitrogens with one attached hydrogen (secondary N) is 2. The van der Waals surface area contributed by atoms with Gasteiger partial charge in [-0.25, -0.2) is 4.98 Å². The fraction of sp³-hybridized carbons (Fsp3) is 0.294. The SMILES string of the molecule is CCCNC(=O)c1ccc(Nc2ccc(OC)cc2OC)cn1. The molecule has 2 N–H and O–H groups in total. The molecular formula is C17H21N3O3. The van der Waals surface area contributed by atoms with Crippen LogP contribution >= 0.6 is 0 Å². The minimum atomic E-state index is -0.166. The standard InChI is InChI=1S/C17H21N3O3/c1-4-9-18-17(21)15-7-5-12(11-19-15)20-14-8-6-13(22-2)10-16(14)23-3/h5-8,10-11,20H,4,9H2,1-3H3,(H,18,21). The first-order valence-electron chi connectivity index (χ1n) is 7.41. The van der Waals surface area contributed by atoms with Gasteiger partial charge in [-0.1, -0.05) is 6.92 Å². The van der Waals surface area contributed by atoms with E-state index in [0.29, 0.717) is 23.7 Å². The van der Waals surface area contributed by atoms with Gasteiger partial charge in [-0.05, 0) is 30.7 Å². The van der Waals surface area contributed by atoms with Crippen molar-refractivity contribution in [2.24, 2.45) is 0 Å². The molecule has 0 saturated carbocycles. The van der Waals surface area contributed by atoms with Crippen molar-refractivity contribution in [3.8, 4) is 11.5 Å². The highest BCUT2D eigenvalue weighted by Gasteiger charge is 2.08. The first kappa shape index (κ1) is 16.6. The predicted octanol–water partition coefficient (Wildman–Crippen LogP) is 2.98. The van der Waals surface area contributed by atoms with Gasteiger partial charge >= 0.3 is 0 Å². The van der Waals surface area contributed by atoms with Gasteiger partial charge in [0.05, 0.1) is 31.8 Å². The highest BCUT2D eigenvalue weighted by molar-refractivity contribution is 5.92. The van der Waals surface area contributed by atoms with Crippen LogP contribution in [0.15, 0.2) is 36.5 Å². The summed E-state index contributed by atoms with van der Waals surface area (Å²) in [7, 11) is 3.20. The molecular weight excluding hydrogens is 294 g/mol. The zero-order chi connectivity index (χ0) is 16.7. The molecule has 23 heavy (non-hydrogen) atoms. The number of methoxy groups -OCH3 is 2. The van der Waals surface area contributed by atoms with Crippen LogP contribution in [0.1, 0.15) is 23.8 Å². The molecule has 2 rings (SSSR count). The minimum Gasteiger partial charge on any atom is -0.497 e. The maximum atomic E-state index is 11.8. The molecule has 0 aliphatic rings. The molecule has 1 heterocycles. The number of carbonyl (C=O) groups excluding carboxylic acids is 1. The molecule has 0 fully saturated rings. The number of benzene rings is 1. The largest absolute Gasteiger partial charge is 0.497 e. The lowest BCUT2D eigenvalue weighted by Crippen LogP contribution is -2.24. The molecule has 0 unspecified atom stereocenters.